The zero-order chi connectivity index (χ0) is 13.7. The van der Waals surface area contributed by atoms with Gasteiger partial charge in [0.15, 0.2) is 0 Å². The quantitative estimate of drug-likeness (QED) is 0.758. The molecule has 96 valence electrons. The summed E-state index contributed by atoms with van der Waals surface area (Å²) in [7, 11) is 0. The van der Waals surface area contributed by atoms with Gasteiger partial charge in [0.05, 0.1) is 0 Å². The predicted molar refractivity (Wildman–Crippen MR) is 63.2 cm³/mol. The third-order valence-corrected chi connectivity index (χ3v) is 2.18. The Hall–Kier alpha value is -2.95. The Labute approximate surface area is 108 Å². The molecule has 0 aliphatic rings. The van der Waals surface area contributed by atoms with Gasteiger partial charge in [-0.3, -0.25) is 4.79 Å². The molecule has 0 fully saturated rings. The first-order chi connectivity index (χ1) is 9.17. The Bertz CT molecular complexity index is 630. The van der Waals surface area contributed by atoms with E-state index in [9.17, 15) is 4.79 Å². The van der Waals surface area contributed by atoms with Gasteiger partial charge in [0.1, 0.15) is 31.2 Å². The van der Waals surface area contributed by atoms with Crippen molar-refractivity contribution >= 4 is 11.9 Å². The number of hydrogen-bond donors (Lipinski definition) is 1. The van der Waals surface area contributed by atoms with Gasteiger partial charge in [0, 0.05) is 6.20 Å². The molecule has 8 nitrogen and oxygen atoms in total. The maximum absolute atomic E-state index is 11.5. The number of aromatic nitrogens is 4. The van der Waals surface area contributed by atoms with Crippen molar-refractivity contribution in [2.45, 2.75) is 13.2 Å². The fourth-order valence-electron chi connectivity index (χ4n) is 1.35. The van der Waals surface area contributed by atoms with E-state index in [1.165, 1.54) is 17.2 Å². The van der Waals surface area contributed by atoms with Crippen LogP contribution in [-0.4, -0.2) is 25.7 Å². The summed E-state index contributed by atoms with van der Waals surface area (Å²) in [5, 5.41) is 12.4. The number of nitrogens with zero attached hydrogens (tertiary/aromatic N) is 5. The fraction of sp³-hybridized carbons (Fsp3) is 0.182. The molecule has 0 aliphatic heterocycles. The van der Waals surface area contributed by atoms with Crippen molar-refractivity contribution in [2.75, 3.05) is 5.73 Å². The zero-order valence-corrected chi connectivity index (χ0v) is 9.85. The molecule has 0 unspecified atom stereocenters. The lowest BCUT2D eigenvalue weighted by atomic mass is 10.2. The van der Waals surface area contributed by atoms with E-state index in [0.29, 0.717) is 5.56 Å². The van der Waals surface area contributed by atoms with Gasteiger partial charge in [0.25, 0.3) is 0 Å². The van der Waals surface area contributed by atoms with Gasteiger partial charge in [0.2, 0.25) is 5.95 Å². The highest BCUT2D eigenvalue weighted by Crippen LogP contribution is 2.03. The third-order valence-electron chi connectivity index (χ3n) is 2.18. The van der Waals surface area contributed by atoms with Crippen molar-refractivity contribution in [3.05, 3.63) is 35.9 Å². The van der Waals surface area contributed by atoms with Gasteiger partial charge >= 0.3 is 5.97 Å². The van der Waals surface area contributed by atoms with Crippen LogP contribution in [0.1, 0.15) is 11.3 Å². The second-order valence-corrected chi connectivity index (χ2v) is 3.62. The molecule has 0 radical (unpaired) electrons. The summed E-state index contributed by atoms with van der Waals surface area (Å²) in [6.45, 7) is 0.000599. The van der Waals surface area contributed by atoms with Crippen LogP contribution in [0.15, 0.2) is 24.7 Å². The van der Waals surface area contributed by atoms with E-state index in [4.69, 9.17) is 15.7 Å². The molecule has 0 aromatic carbocycles. The molecule has 0 atom stereocenters. The van der Waals surface area contributed by atoms with Gasteiger partial charge in [-0.1, -0.05) is 0 Å². The van der Waals surface area contributed by atoms with Crippen molar-refractivity contribution in [3.8, 4) is 6.07 Å². The molecule has 2 aromatic rings. The van der Waals surface area contributed by atoms with Crippen LogP contribution in [-0.2, 0) is 22.7 Å². The number of nitriles is 1. The maximum atomic E-state index is 11.5. The highest BCUT2D eigenvalue weighted by Gasteiger charge is 2.06. The number of esters is 1. The van der Waals surface area contributed by atoms with E-state index in [-0.39, 0.29) is 24.8 Å². The van der Waals surface area contributed by atoms with Gasteiger partial charge in [-0.15, -0.1) is 5.10 Å². The largest absolute Gasteiger partial charge is 0.459 e. The maximum Gasteiger partial charge on any atom is 0.328 e. The summed E-state index contributed by atoms with van der Waals surface area (Å²) in [5.41, 5.74) is 6.29. The molecule has 2 heterocycles. The van der Waals surface area contributed by atoms with Crippen molar-refractivity contribution in [3.63, 3.8) is 0 Å². The van der Waals surface area contributed by atoms with Crippen molar-refractivity contribution in [1.82, 2.24) is 19.7 Å². The highest BCUT2D eigenvalue weighted by atomic mass is 16.5. The zero-order valence-electron chi connectivity index (χ0n) is 9.85. The minimum atomic E-state index is -0.472. The van der Waals surface area contributed by atoms with E-state index < -0.39 is 5.97 Å². The average Bonchev–Trinajstić information content (AvgIpc) is 2.82. The average molecular weight is 258 g/mol. The molecule has 0 saturated carbocycles. The summed E-state index contributed by atoms with van der Waals surface area (Å²) in [5.74, 6) is -0.374. The Balaban J connectivity index is 1.88. The van der Waals surface area contributed by atoms with Crippen molar-refractivity contribution < 1.29 is 9.53 Å². The minimum Gasteiger partial charge on any atom is -0.459 e. The molecule has 0 bridgehead atoms. The number of carbonyl (C=O) groups excluding carboxylic acids is 1. The van der Waals surface area contributed by atoms with Crippen LogP contribution in [0.4, 0.5) is 5.95 Å². The summed E-state index contributed by atoms with van der Waals surface area (Å²) < 4.78 is 6.32. The Morgan fingerprint density at radius 3 is 3.05 bits per heavy atom. The normalized spacial score (nSPS) is 9.84. The van der Waals surface area contributed by atoms with Crippen LogP contribution >= 0.6 is 0 Å². The summed E-state index contributed by atoms with van der Waals surface area (Å²) in [6.07, 6.45) is 2.83. The van der Waals surface area contributed by atoms with Crippen molar-refractivity contribution in [2.24, 2.45) is 0 Å². The molecular formula is C11H10N6O2. The standard InChI is InChI=1S/C11H10N6O2/c12-4-9-3-8(1-2-14-9)6-19-10(18)5-17-7-15-11(13)16-17/h1-3,7H,5-6H2,(H2,13,16). The first kappa shape index (κ1) is 12.5. The molecule has 2 rings (SSSR count). The second-order valence-electron chi connectivity index (χ2n) is 3.62. The topological polar surface area (TPSA) is 120 Å². The van der Waals surface area contributed by atoms with Gasteiger partial charge in [-0.25, -0.2) is 14.6 Å². The first-order valence-corrected chi connectivity index (χ1v) is 5.33. The van der Waals surface area contributed by atoms with Crippen LogP contribution in [0.5, 0.6) is 0 Å². The molecule has 19 heavy (non-hydrogen) atoms. The van der Waals surface area contributed by atoms with Crippen LogP contribution in [0.25, 0.3) is 0 Å². The predicted octanol–water partition coefficient (Wildman–Crippen LogP) is -0.130. The number of rotatable bonds is 4. The molecule has 0 aliphatic carbocycles. The SMILES string of the molecule is N#Cc1cc(COC(=O)Cn2cnc(N)n2)ccn1. The Morgan fingerprint density at radius 1 is 1.53 bits per heavy atom. The van der Waals surface area contributed by atoms with Crippen LogP contribution < -0.4 is 5.73 Å². The number of nitrogen functional groups attached to an aromatic ring is 1. The van der Waals surface area contributed by atoms with E-state index >= 15 is 0 Å². The third kappa shape index (κ3) is 3.50. The summed E-state index contributed by atoms with van der Waals surface area (Å²) in [4.78, 5) is 19.0. The van der Waals surface area contributed by atoms with Crippen LogP contribution in [0.2, 0.25) is 0 Å². The molecule has 0 saturated heterocycles. The minimum absolute atomic E-state index is 0.0691. The molecule has 2 N–H and O–H groups in total. The lowest BCUT2D eigenvalue weighted by molar-refractivity contribution is -0.145. The van der Waals surface area contributed by atoms with Gasteiger partial charge in [-0.05, 0) is 17.7 Å². The van der Waals surface area contributed by atoms with E-state index in [1.54, 1.807) is 12.1 Å². The smallest absolute Gasteiger partial charge is 0.328 e. The number of ether oxygens (including phenoxy) is 1. The Morgan fingerprint density at radius 2 is 2.37 bits per heavy atom. The number of hydrogen-bond acceptors (Lipinski definition) is 7. The number of pyridine rings is 1. The molecule has 0 spiro atoms. The fourth-order valence-corrected chi connectivity index (χ4v) is 1.35. The molecular weight excluding hydrogens is 248 g/mol. The number of nitrogens with two attached hydrogens (primary N) is 1. The summed E-state index contributed by atoms with van der Waals surface area (Å²) in [6, 6.07) is 5.13. The van der Waals surface area contributed by atoms with E-state index in [1.807, 2.05) is 6.07 Å². The lowest BCUT2D eigenvalue weighted by Crippen LogP contribution is -2.14. The molecule has 0 amide bonds. The monoisotopic (exact) mass is 258 g/mol. The van der Waals surface area contributed by atoms with Crippen LogP contribution in [0, 0.1) is 11.3 Å². The Kier molecular flexibility index (Phi) is 3.68. The van der Waals surface area contributed by atoms with E-state index in [0.717, 1.165) is 0 Å². The van der Waals surface area contributed by atoms with Crippen LogP contribution in [0.3, 0.4) is 0 Å². The van der Waals surface area contributed by atoms with Gasteiger partial charge in [-0.2, -0.15) is 5.26 Å². The first-order valence-electron chi connectivity index (χ1n) is 5.33. The van der Waals surface area contributed by atoms with E-state index in [2.05, 4.69) is 15.1 Å². The van der Waals surface area contributed by atoms with Crippen molar-refractivity contribution in [1.29, 1.82) is 5.26 Å². The number of anilines is 1. The molecule has 2 aromatic heterocycles. The lowest BCUT2D eigenvalue weighted by Gasteiger charge is -2.04. The van der Waals surface area contributed by atoms with Gasteiger partial charge < -0.3 is 10.5 Å². The highest BCUT2D eigenvalue weighted by molar-refractivity contribution is 5.69. The second kappa shape index (κ2) is 5.59. The molecule has 8 heteroatoms. The number of carbonyl (C=O) groups is 1. The summed E-state index contributed by atoms with van der Waals surface area (Å²) >= 11 is 0.